The number of nitrogens with two attached hydrogens (primary N) is 1. The van der Waals surface area contributed by atoms with E-state index in [0.29, 0.717) is 6.61 Å². The van der Waals surface area contributed by atoms with Crippen LogP contribution in [0.1, 0.15) is 24.1 Å². The number of fused-ring (bicyclic) bond motifs is 1. The number of pyridine rings is 1. The second-order valence-corrected chi connectivity index (χ2v) is 4.74. The lowest BCUT2D eigenvalue weighted by atomic mass is 10.0. The van der Waals surface area contributed by atoms with Gasteiger partial charge in [0.1, 0.15) is 5.75 Å². The van der Waals surface area contributed by atoms with E-state index in [1.807, 2.05) is 66.3 Å². The highest BCUT2D eigenvalue weighted by Gasteiger charge is 2.17. The van der Waals surface area contributed by atoms with Crippen molar-refractivity contribution >= 4 is 5.52 Å². The first-order valence-electron chi connectivity index (χ1n) is 6.94. The van der Waals surface area contributed by atoms with Gasteiger partial charge in [-0.05, 0) is 36.8 Å². The number of nitrogens with zero attached hydrogens (tertiary/aromatic N) is 2. The Balaban J connectivity index is 2.03. The maximum Gasteiger partial charge on any atom is 0.119 e. The quantitative estimate of drug-likeness (QED) is 0.556. The predicted molar refractivity (Wildman–Crippen MR) is 82.0 cm³/mol. The molecule has 1 unspecified atom stereocenters. The van der Waals surface area contributed by atoms with Gasteiger partial charge in [0, 0.05) is 11.8 Å². The summed E-state index contributed by atoms with van der Waals surface area (Å²) in [5, 5.41) is 4.36. The van der Waals surface area contributed by atoms with E-state index in [0.717, 1.165) is 22.4 Å². The first kappa shape index (κ1) is 13.6. The molecule has 0 bridgehead atoms. The summed E-state index contributed by atoms with van der Waals surface area (Å²) in [6, 6.07) is 13.8. The molecule has 1 aromatic carbocycles. The number of benzene rings is 1. The second kappa shape index (κ2) is 5.95. The maximum absolute atomic E-state index is 5.78. The zero-order valence-corrected chi connectivity index (χ0v) is 11.9. The molecule has 0 saturated carbocycles. The summed E-state index contributed by atoms with van der Waals surface area (Å²) in [5.41, 5.74) is 5.98. The number of aromatic nitrogens is 2. The molecular weight excluding hydrogens is 264 g/mol. The van der Waals surface area contributed by atoms with Crippen molar-refractivity contribution in [1.29, 1.82) is 0 Å². The molecule has 0 aliphatic rings. The summed E-state index contributed by atoms with van der Waals surface area (Å²) in [4.78, 5) is 0. The molecule has 2 heterocycles. The van der Waals surface area contributed by atoms with Crippen LogP contribution in [0.15, 0.2) is 54.9 Å². The van der Waals surface area contributed by atoms with Gasteiger partial charge in [0.15, 0.2) is 0 Å². The Kier molecular flexibility index (Phi) is 3.85. The Bertz CT molecular complexity index is 738. The van der Waals surface area contributed by atoms with Crippen LogP contribution >= 0.6 is 0 Å². The lowest BCUT2D eigenvalue weighted by molar-refractivity contribution is 0.339. The van der Waals surface area contributed by atoms with Gasteiger partial charge < -0.3 is 4.74 Å². The maximum atomic E-state index is 5.78. The van der Waals surface area contributed by atoms with Crippen molar-refractivity contribution in [3.63, 3.8) is 0 Å². The van der Waals surface area contributed by atoms with E-state index < -0.39 is 0 Å². The first-order chi connectivity index (χ1) is 10.3. The largest absolute Gasteiger partial charge is 0.494 e. The smallest absolute Gasteiger partial charge is 0.119 e. The zero-order valence-electron chi connectivity index (χ0n) is 11.9. The van der Waals surface area contributed by atoms with E-state index in [-0.39, 0.29) is 6.04 Å². The van der Waals surface area contributed by atoms with Crippen LogP contribution in [0.2, 0.25) is 0 Å². The third-order valence-corrected chi connectivity index (χ3v) is 3.44. The van der Waals surface area contributed by atoms with Crippen LogP contribution in [0.4, 0.5) is 0 Å². The molecule has 108 valence electrons. The molecule has 0 aliphatic carbocycles. The van der Waals surface area contributed by atoms with Gasteiger partial charge in [-0.1, -0.05) is 18.2 Å². The summed E-state index contributed by atoms with van der Waals surface area (Å²) in [7, 11) is 0. The van der Waals surface area contributed by atoms with Crippen LogP contribution in [0.5, 0.6) is 5.75 Å². The van der Waals surface area contributed by atoms with Crippen LogP contribution in [0.3, 0.4) is 0 Å². The fourth-order valence-electron chi connectivity index (χ4n) is 2.49. The Labute approximate surface area is 123 Å². The molecule has 3 aromatic rings. The van der Waals surface area contributed by atoms with Gasteiger partial charge in [0.2, 0.25) is 0 Å². The van der Waals surface area contributed by atoms with E-state index in [9.17, 15) is 0 Å². The number of hydrogen-bond acceptors (Lipinski definition) is 4. The van der Waals surface area contributed by atoms with Gasteiger partial charge in [0.05, 0.1) is 24.4 Å². The molecule has 2 aromatic heterocycles. The Morgan fingerprint density at radius 2 is 2.19 bits per heavy atom. The SMILES string of the molecule is CCOc1cccc(C(NN)c2cnn3ccccc23)c1. The molecule has 0 aliphatic heterocycles. The number of ether oxygens (including phenoxy) is 1. The number of hydrazine groups is 1. The van der Waals surface area contributed by atoms with Gasteiger partial charge in [-0.2, -0.15) is 5.10 Å². The van der Waals surface area contributed by atoms with Crippen molar-refractivity contribution < 1.29 is 4.74 Å². The van der Waals surface area contributed by atoms with E-state index in [1.165, 1.54) is 0 Å². The van der Waals surface area contributed by atoms with Crippen molar-refractivity contribution in [1.82, 2.24) is 15.0 Å². The van der Waals surface area contributed by atoms with E-state index >= 15 is 0 Å². The van der Waals surface area contributed by atoms with Crippen LogP contribution in [-0.2, 0) is 0 Å². The average Bonchev–Trinajstić information content (AvgIpc) is 2.93. The highest BCUT2D eigenvalue weighted by Crippen LogP contribution is 2.27. The molecular formula is C16H18N4O. The zero-order chi connectivity index (χ0) is 14.7. The minimum Gasteiger partial charge on any atom is -0.494 e. The second-order valence-electron chi connectivity index (χ2n) is 4.74. The number of nitrogens with one attached hydrogen (secondary N) is 1. The summed E-state index contributed by atoms with van der Waals surface area (Å²) in [6.07, 6.45) is 3.76. The Morgan fingerprint density at radius 1 is 1.29 bits per heavy atom. The Hall–Kier alpha value is -2.37. The van der Waals surface area contributed by atoms with Crippen molar-refractivity contribution in [3.05, 3.63) is 66.0 Å². The lowest BCUT2D eigenvalue weighted by Crippen LogP contribution is -2.28. The van der Waals surface area contributed by atoms with Crippen molar-refractivity contribution in [2.75, 3.05) is 6.61 Å². The molecule has 0 fully saturated rings. The third kappa shape index (κ3) is 2.61. The minimum atomic E-state index is -0.134. The van der Waals surface area contributed by atoms with Crippen LogP contribution in [0.25, 0.3) is 5.52 Å². The molecule has 0 radical (unpaired) electrons. The van der Waals surface area contributed by atoms with Gasteiger partial charge in [-0.3, -0.25) is 5.84 Å². The molecule has 0 spiro atoms. The fourth-order valence-corrected chi connectivity index (χ4v) is 2.49. The summed E-state index contributed by atoms with van der Waals surface area (Å²) < 4.78 is 7.40. The molecule has 5 heteroatoms. The summed E-state index contributed by atoms with van der Waals surface area (Å²) in [5.74, 6) is 6.62. The molecule has 21 heavy (non-hydrogen) atoms. The van der Waals surface area contributed by atoms with Gasteiger partial charge in [-0.25, -0.2) is 9.94 Å². The van der Waals surface area contributed by atoms with Crippen LogP contribution < -0.4 is 16.0 Å². The van der Waals surface area contributed by atoms with E-state index in [1.54, 1.807) is 0 Å². The topological polar surface area (TPSA) is 64.6 Å². The monoisotopic (exact) mass is 282 g/mol. The van der Waals surface area contributed by atoms with Crippen molar-refractivity contribution in [2.45, 2.75) is 13.0 Å². The standard InChI is InChI=1S/C16H18N4O/c1-2-21-13-7-5-6-12(10-13)16(19-17)14-11-18-20-9-4-3-8-15(14)20/h3-11,16,19H,2,17H2,1H3. The molecule has 3 rings (SSSR count). The average molecular weight is 282 g/mol. The summed E-state index contributed by atoms with van der Waals surface area (Å²) >= 11 is 0. The van der Waals surface area contributed by atoms with E-state index in [2.05, 4.69) is 10.5 Å². The van der Waals surface area contributed by atoms with Gasteiger partial charge in [-0.15, -0.1) is 0 Å². The third-order valence-electron chi connectivity index (χ3n) is 3.44. The lowest BCUT2D eigenvalue weighted by Gasteiger charge is -2.16. The normalized spacial score (nSPS) is 12.5. The minimum absolute atomic E-state index is 0.134. The first-order valence-corrected chi connectivity index (χ1v) is 6.94. The Morgan fingerprint density at radius 3 is 3.00 bits per heavy atom. The number of rotatable bonds is 5. The van der Waals surface area contributed by atoms with E-state index in [4.69, 9.17) is 10.6 Å². The van der Waals surface area contributed by atoms with Gasteiger partial charge >= 0.3 is 0 Å². The summed E-state index contributed by atoms with van der Waals surface area (Å²) in [6.45, 7) is 2.61. The van der Waals surface area contributed by atoms with Gasteiger partial charge in [0.25, 0.3) is 0 Å². The number of hydrogen-bond donors (Lipinski definition) is 2. The van der Waals surface area contributed by atoms with Crippen LogP contribution in [-0.4, -0.2) is 16.2 Å². The molecule has 0 amide bonds. The highest BCUT2D eigenvalue weighted by molar-refractivity contribution is 5.57. The molecule has 0 saturated heterocycles. The highest BCUT2D eigenvalue weighted by atomic mass is 16.5. The molecule has 3 N–H and O–H groups in total. The van der Waals surface area contributed by atoms with Crippen LogP contribution in [0, 0.1) is 0 Å². The predicted octanol–water partition coefficient (Wildman–Crippen LogP) is 2.29. The molecule has 5 nitrogen and oxygen atoms in total. The van der Waals surface area contributed by atoms with Crippen molar-refractivity contribution in [3.8, 4) is 5.75 Å². The van der Waals surface area contributed by atoms with Crippen molar-refractivity contribution in [2.24, 2.45) is 5.84 Å². The molecule has 1 atom stereocenters. The fraction of sp³-hybridized carbons (Fsp3) is 0.188.